The summed E-state index contributed by atoms with van der Waals surface area (Å²) in [6, 6.07) is -0.303. The highest BCUT2D eigenvalue weighted by molar-refractivity contribution is 5.82. The van der Waals surface area contributed by atoms with Crippen molar-refractivity contribution < 1.29 is 18.7 Å². The van der Waals surface area contributed by atoms with E-state index in [-0.39, 0.29) is 25.5 Å². The molecule has 1 aliphatic heterocycles. The van der Waals surface area contributed by atoms with E-state index in [0.717, 1.165) is 26.4 Å². The number of nitrogens with zero attached hydrogens (tertiary/aromatic N) is 1. The van der Waals surface area contributed by atoms with Crippen LogP contribution in [0, 0.1) is 5.92 Å². The molecular formula is C14H21FN2O3. The predicted octanol–water partition coefficient (Wildman–Crippen LogP) is 1.64. The summed E-state index contributed by atoms with van der Waals surface area (Å²) in [4.78, 5) is 24.7. The Hall–Kier alpha value is -1.59. The molecule has 2 amide bonds. The van der Waals surface area contributed by atoms with Gasteiger partial charge in [0, 0.05) is 19.5 Å². The SMILES string of the molecule is COC(=O)[C@@]1(F)CCN(C(=O)NC[C@H]2CC=CCC2)C1. The minimum Gasteiger partial charge on any atom is -0.467 e. The Morgan fingerprint density at radius 3 is 2.95 bits per heavy atom. The number of carbonyl (C=O) groups excluding carboxylic acids is 2. The number of alkyl halides is 1. The summed E-state index contributed by atoms with van der Waals surface area (Å²) in [6.07, 6.45) is 7.34. The smallest absolute Gasteiger partial charge is 0.345 e. The van der Waals surface area contributed by atoms with Gasteiger partial charge in [0.1, 0.15) is 0 Å². The zero-order valence-corrected chi connectivity index (χ0v) is 11.7. The molecule has 0 saturated carbocycles. The van der Waals surface area contributed by atoms with Gasteiger partial charge in [0.25, 0.3) is 0 Å². The number of amides is 2. The fraction of sp³-hybridized carbons (Fsp3) is 0.714. The number of rotatable bonds is 3. The minimum absolute atomic E-state index is 0.000734. The normalized spacial score (nSPS) is 29.3. The second-order valence-corrected chi connectivity index (χ2v) is 5.46. The Kier molecular flexibility index (Phi) is 4.62. The second kappa shape index (κ2) is 6.24. The number of nitrogens with one attached hydrogen (secondary N) is 1. The van der Waals surface area contributed by atoms with E-state index in [1.54, 1.807) is 0 Å². The average molecular weight is 284 g/mol. The van der Waals surface area contributed by atoms with Gasteiger partial charge in [-0.3, -0.25) is 0 Å². The van der Waals surface area contributed by atoms with Gasteiger partial charge in [-0.2, -0.15) is 0 Å². The van der Waals surface area contributed by atoms with Gasteiger partial charge in [0.2, 0.25) is 5.67 Å². The van der Waals surface area contributed by atoms with Gasteiger partial charge in [0.15, 0.2) is 0 Å². The summed E-state index contributed by atoms with van der Waals surface area (Å²) in [5.74, 6) is -0.451. The molecule has 1 fully saturated rings. The zero-order valence-electron chi connectivity index (χ0n) is 11.7. The molecule has 2 aliphatic rings. The molecule has 1 N–H and O–H groups in total. The fourth-order valence-electron chi connectivity index (χ4n) is 2.68. The average Bonchev–Trinajstić information content (AvgIpc) is 2.89. The van der Waals surface area contributed by atoms with Crippen LogP contribution in [-0.2, 0) is 9.53 Å². The van der Waals surface area contributed by atoms with Crippen molar-refractivity contribution in [2.24, 2.45) is 5.92 Å². The summed E-state index contributed by atoms with van der Waals surface area (Å²) in [6.45, 7) is 0.606. The maximum Gasteiger partial charge on any atom is 0.345 e. The lowest BCUT2D eigenvalue weighted by Crippen LogP contribution is -2.44. The molecule has 0 bridgehead atoms. The number of ether oxygens (including phenoxy) is 1. The third kappa shape index (κ3) is 3.29. The molecule has 1 saturated heterocycles. The molecule has 0 aromatic heterocycles. The first kappa shape index (κ1) is 14.8. The molecule has 0 unspecified atom stereocenters. The predicted molar refractivity (Wildman–Crippen MR) is 71.9 cm³/mol. The van der Waals surface area contributed by atoms with E-state index in [4.69, 9.17) is 0 Å². The highest BCUT2D eigenvalue weighted by atomic mass is 19.1. The van der Waals surface area contributed by atoms with Crippen LogP contribution in [0.1, 0.15) is 25.7 Å². The summed E-state index contributed by atoms with van der Waals surface area (Å²) in [5, 5.41) is 2.82. The quantitative estimate of drug-likeness (QED) is 0.633. The number of carbonyl (C=O) groups is 2. The van der Waals surface area contributed by atoms with Gasteiger partial charge in [-0.05, 0) is 25.2 Å². The van der Waals surface area contributed by atoms with Gasteiger partial charge in [-0.1, -0.05) is 12.2 Å². The van der Waals surface area contributed by atoms with Crippen molar-refractivity contribution in [3.8, 4) is 0 Å². The Labute approximate surface area is 118 Å². The molecule has 2 atom stereocenters. The maximum absolute atomic E-state index is 14.2. The standard InChI is InChI=1S/C14H21FN2O3/c1-20-12(18)14(15)7-8-17(10-14)13(19)16-9-11-5-3-2-4-6-11/h2-3,11H,4-10H2,1H3,(H,16,19)/t11-,14+/m0/s1. The van der Waals surface area contributed by atoms with Crippen LogP contribution >= 0.6 is 0 Å². The number of methoxy groups -OCH3 is 1. The van der Waals surface area contributed by atoms with E-state index in [1.165, 1.54) is 4.90 Å². The van der Waals surface area contributed by atoms with Crippen molar-refractivity contribution in [2.75, 3.05) is 26.7 Å². The van der Waals surface area contributed by atoms with Crippen LogP contribution < -0.4 is 5.32 Å². The highest BCUT2D eigenvalue weighted by Gasteiger charge is 2.47. The number of halogens is 1. The number of esters is 1. The molecule has 0 aromatic carbocycles. The third-order valence-electron chi connectivity index (χ3n) is 3.98. The van der Waals surface area contributed by atoms with E-state index in [0.29, 0.717) is 12.5 Å². The van der Waals surface area contributed by atoms with Gasteiger partial charge in [0.05, 0.1) is 13.7 Å². The Morgan fingerprint density at radius 1 is 1.50 bits per heavy atom. The summed E-state index contributed by atoms with van der Waals surface area (Å²) < 4.78 is 18.6. The lowest BCUT2D eigenvalue weighted by molar-refractivity contribution is -0.153. The molecule has 2 rings (SSSR count). The van der Waals surface area contributed by atoms with E-state index in [2.05, 4.69) is 22.2 Å². The Bertz CT molecular complexity index is 413. The number of hydrogen-bond donors (Lipinski definition) is 1. The molecule has 112 valence electrons. The fourth-order valence-corrected chi connectivity index (χ4v) is 2.68. The summed E-state index contributed by atoms with van der Waals surface area (Å²) >= 11 is 0. The molecule has 0 radical (unpaired) electrons. The van der Waals surface area contributed by atoms with E-state index in [1.807, 2.05) is 0 Å². The molecule has 0 aromatic rings. The van der Waals surface area contributed by atoms with Crippen LogP contribution in [0.2, 0.25) is 0 Å². The first-order valence-electron chi connectivity index (χ1n) is 7.00. The van der Waals surface area contributed by atoms with Crippen molar-refractivity contribution in [2.45, 2.75) is 31.4 Å². The van der Waals surface area contributed by atoms with Crippen LogP contribution in [0.4, 0.5) is 9.18 Å². The summed E-state index contributed by atoms with van der Waals surface area (Å²) in [7, 11) is 1.16. The lowest BCUT2D eigenvalue weighted by atomic mass is 9.94. The van der Waals surface area contributed by atoms with Crippen molar-refractivity contribution in [1.82, 2.24) is 10.2 Å². The van der Waals surface area contributed by atoms with Crippen molar-refractivity contribution in [3.05, 3.63) is 12.2 Å². The van der Waals surface area contributed by atoms with Gasteiger partial charge < -0.3 is 15.0 Å². The van der Waals surface area contributed by atoms with Crippen LogP contribution in [0.3, 0.4) is 0 Å². The van der Waals surface area contributed by atoms with E-state index in [9.17, 15) is 14.0 Å². The number of hydrogen-bond acceptors (Lipinski definition) is 3. The zero-order chi connectivity index (χ0) is 14.6. The lowest BCUT2D eigenvalue weighted by Gasteiger charge is -2.22. The number of urea groups is 1. The molecular weight excluding hydrogens is 263 g/mol. The maximum atomic E-state index is 14.2. The van der Waals surface area contributed by atoms with Crippen LogP contribution in [0.25, 0.3) is 0 Å². The van der Waals surface area contributed by atoms with Crippen molar-refractivity contribution in [3.63, 3.8) is 0 Å². The topological polar surface area (TPSA) is 58.6 Å². The van der Waals surface area contributed by atoms with Gasteiger partial charge in [-0.25, -0.2) is 14.0 Å². The summed E-state index contributed by atoms with van der Waals surface area (Å²) in [5.41, 5.74) is -2.06. The van der Waals surface area contributed by atoms with Gasteiger partial charge in [-0.15, -0.1) is 0 Å². The molecule has 5 nitrogen and oxygen atoms in total. The molecule has 6 heteroatoms. The molecule has 20 heavy (non-hydrogen) atoms. The first-order chi connectivity index (χ1) is 9.55. The van der Waals surface area contributed by atoms with E-state index >= 15 is 0 Å². The number of likely N-dealkylation sites (tertiary alicyclic amines) is 1. The van der Waals surface area contributed by atoms with Crippen molar-refractivity contribution in [1.29, 1.82) is 0 Å². The highest BCUT2D eigenvalue weighted by Crippen LogP contribution is 2.27. The van der Waals surface area contributed by atoms with Crippen molar-refractivity contribution >= 4 is 12.0 Å². The molecule has 0 spiro atoms. The molecule has 1 heterocycles. The number of allylic oxidation sites excluding steroid dienone is 2. The van der Waals surface area contributed by atoms with Crippen LogP contribution in [0.5, 0.6) is 0 Å². The largest absolute Gasteiger partial charge is 0.467 e. The van der Waals surface area contributed by atoms with Crippen LogP contribution in [0.15, 0.2) is 12.2 Å². The second-order valence-electron chi connectivity index (χ2n) is 5.46. The Morgan fingerprint density at radius 2 is 2.30 bits per heavy atom. The van der Waals surface area contributed by atoms with E-state index < -0.39 is 11.6 Å². The molecule has 1 aliphatic carbocycles. The third-order valence-corrected chi connectivity index (χ3v) is 3.98. The minimum atomic E-state index is -2.06. The van der Waals surface area contributed by atoms with Gasteiger partial charge >= 0.3 is 12.0 Å². The van der Waals surface area contributed by atoms with Crippen LogP contribution in [-0.4, -0.2) is 49.3 Å². The first-order valence-corrected chi connectivity index (χ1v) is 7.00. The monoisotopic (exact) mass is 284 g/mol. The Balaban J connectivity index is 1.79.